The maximum Gasteiger partial charge on any atom is 0.261 e. The van der Waals surface area contributed by atoms with Crippen molar-refractivity contribution in [2.75, 3.05) is 4.72 Å². The van der Waals surface area contributed by atoms with E-state index in [-0.39, 0.29) is 10.7 Å². The number of rotatable bonds is 4. The second-order valence-electron chi connectivity index (χ2n) is 5.00. The van der Waals surface area contributed by atoms with Gasteiger partial charge < -0.3 is 0 Å². The lowest BCUT2D eigenvalue weighted by atomic mass is 10.1. The fraction of sp³-hybridized carbons (Fsp3) is 0.188. The first kappa shape index (κ1) is 15.3. The number of Topliss-reactive ketones (excluding diaryl/α,β-unsaturated/α-hetero) is 1. The third-order valence-electron chi connectivity index (χ3n) is 3.20. The molecule has 0 aliphatic rings. The maximum atomic E-state index is 12.3. The molecule has 0 saturated heterocycles. The Morgan fingerprint density at radius 1 is 1.00 bits per heavy atom. The molecule has 0 unspecified atom stereocenters. The Morgan fingerprint density at radius 2 is 1.62 bits per heavy atom. The molecule has 2 aromatic carbocycles. The monoisotopic (exact) mass is 303 g/mol. The highest BCUT2D eigenvalue weighted by Gasteiger charge is 2.15. The SMILES string of the molecule is CC(=O)c1ccc(S(=O)(=O)Nc2ccc(C)cc2C)cc1. The zero-order valence-corrected chi connectivity index (χ0v) is 13.0. The summed E-state index contributed by atoms with van der Waals surface area (Å²) < 4.78 is 27.2. The molecule has 0 spiro atoms. The Labute approximate surface area is 124 Å². The number of ketones is 1. The van der Waals surface area contributed by atoms with Crippen LogP contribution in [0.3, 0.4) is 0 Å². The molecule has 1 N–H and O–H groups in total. The molecule has 4 nitrogen and oxygen atoms in total. The second kappa shape index (κ2) is 5.69. The predicted molar refractivity (Wildman–Crippen MR) is 83.2 cm³/mol. The van der Waals surface area contributed by atoms with Crippen LogP contribution in [0.25, 0.3) is 0 Å². The number of benzene rings is 2. The summed E-state index contributed by atoms with van der Waals surface area (Å²) in [5.74, 6) is -0.0960. The Bertz CT molecular complexity index is 778. The number of carbonyl (C=O) groups is 1. The van der Waals surface area contributed by atoms with Gasteiger partial charge in [0.05, 0.1) is 10.6 Å². The number of sulfonamides is 1. The van der Waals surface area contributed by atoms with Gasteiger partial charge in [-0.1, -0.05) is 29.8 Å². The van der Waals surface area contributed by atoms with Crippen molar-refractivity contribution in [3.63, 3.8) is 0 Å². The van der Waals surface area contributed by atoms with Crippen molar-refractivity contribution in [2.24, 2.45) is 0 Å². The zero-order chi connectivity index (χ0) is 15.6. The van der Waals surface area contributed by atoms with E-state index in [2.05, 4.69) is 4.72 Å². The lowest BCUT2D eigenvalue weighted by molar-refractivity contribution is 0.101. The van der Waals surface area contributed by atoms with E-state index in [0.29, 0.717) is 11.3 Å². The first-order valence-corrected chi connectivity index (χ1v) is 7.99. The molecule has 0 atom stereocenters. The van der Waals surface area contributed by atoms with E-state index in [9.17, 15) is 13.2 Å². The van der Waals surface area contributed by atoms with Crippen LogP contribution in [-0.4, -0.2) is 14.2 Å². The van der Waals surface area contributed by atoms with E-state index in [0.717, 1.165) is 11.1 Å². The first-order chi connectivity index (χ1) is 9.79. The lowest BCUT2D eigenvalue weighted by Gasteiger charge is -2.11. The fourth-order valence-corrected chi connectivity index (χ4v) is 3.13. The van der Waals surface area contributed by atoms with Crippen LogP contribution in [0.5, 0.6) is 0 Å². The molecule has 110 valence electrons. The van der Waals surface area contributed by atoms with Gasteiger partial charge in [0.25, 0.3) is 10.0 Å². The molecule has 21 heavy (non-hydrogen) atoms. The third kappa shape index (κ3) is 3.49. The molecule has 0 saturated carbocycles. The third-order valence-corrected chi connectivity index (χ3v) is 4.58. The minimum Gasteiger partial charge on any atom is -0.295 e. The van der Waals surface area contributed by atoms with Crippen LogP contribution in [0.4, 0.5) is 5.69 Å². The zero-order valence-electron chi connectivity index (χ0n) is 12.2. The number of hydrogen-bond donors (Lipinski definition) is 1. The molecule has 0 fully saturated rings. The van der Waals surface area contributed by atoms with Gasteiger partial charge in [0.1, 0.15) is 0 Å². The standard InChI is InChI=1S/C16H17NO3S/c1-11-4-9-16(12(2)10-11)17-21(19,20)15-7-5-14(6-8-15)13(3)18/h4-10,17H,1-3H3. The molecule has 0 aromatic heterocycles. The summed E-state index contributed by atoms with van der Waals surface area (Å²) in [6, 6.07) is 11.4. The summed E-state index contributed by atoms with van der Waals surface area (Å²) in [5.41, 5.74) is 2.97. The molecular weight excluding hydrogens is 286 g/mol. The van der Waals surface area contributed by atoms with Crippen LogP contribution in [0.1, 0.15) is 28.4 Å². The lowest BCUT2D eigenvalue weighted by Crippen LogP contribution is -2.14. The number of anilines is 1. The summed E-state index contributed by atoms with van der Waals surface area (Å²) in [6.07, 6.45) is 0. The average Bonchev–Trinajstić information content (AvgIpc) is 2.42. The highest BCUT2D eigenvalue weighted by atomic mass is 32.2. The van der Waals surface area contributed by atoms with E-state index < -0.39 is 10.0 Å². The minimum atomic E-state index is -3.65. The molecule has 0 heterocycles. The quantitative estimate of drug-likeness (QED) is 0.881. The highest BCUT2D eigenvalue weighted by molar-refractivity contribution is 7.92. The number of nitrogens with one attached hydrogen (secondary N) is 1. The molecule has 0 bridgehead atoms. The van der Waals surface area contributed by atoms with Crippen molar-refractivity contribution in [1.82, 2.24) is 0 Å². The van der Waals surface area contributed by atoms with Crippen LogP contribution in [0.15, 0.2) is 47.4 Å². The molecule has 0 radical (unpaired) electrons. The van der Waals surface area contributed by atoms with Crippen LogP contribution in [0, 0.1) is 13.8 Å². The van der Waals surface area contributed by atoms with Crippen LogP contribution in [-0.2, 0) is 10.0 Å². The first-order valence-electron chi connectivity index (χ1n) is 6.51. The van der Waals surface area contributed by atoms with Crippen LogP contribution in [0.2, 0.25) is 0 Å². The van der Waals surface area contributed by atoms with Crippen molar-refractivity contribution >= 4 is 21.5 Å². The van der Waals surface area contributed by atoms with Crippen molar-refractivity contribution in [3.8, 4) is 0 Å². The van der Waals surface area contributed by atoms with E-state index in [1.807, 2.05) is 26.0 Å². The Balaban J connectivity index is 2.31. The predicted octanol–water partition coefficient (Wildman–Crippen LogP) is 3.31. The topological polar surface area (TPSA) is 63.2 Å². The van der Waals surface area contributed by atoms with E-state index >= 15 is 0 Å². The smallest absolute Gasteiger partial charge is 0.261 e. The van der Waals surface area contributed by atoms with Gasteiger partial charge in [-0.2, -0.15) is 0 Å². The van der Waals surface area contributed by atoms with Crippen molar-refractivity contribution in [3.05, 3.63) is 59.2 Å². The van der Waals surface area contributed by atoms with Crippen molar-refractivity contribution < 1.29 is 13.2 Å². The Hall–Kier alpha value is -2.14. The van der Waals surface area contributed by atoms with Gasteiger partial charge >= 0.3 is 0 Å². The van der Waals surface area contributed by atoms with Gasteiger partial charge in [-0.15, -0.1) is 0 Å². The Morgan fingerprint density at radius 3 is 2.14 bits per heavy atom. The van der Waals surface area contributed by atoms with Gasteiger partial charge in [-0.25, -0.2) is 8.42 Å². The summed E-state index contributed by atoms with van der Waals surface area (Å²) in [5, 5.41) is 0. The van der Waals surface area contributed by atoms with E-state index in [1.54, 1.807) is 6.07 Å². The molecule has 0 amide bonds. The normalized spacial score (nSPS) is 11.2. The fourth-order valence-electron chi connectivity index (χ4n) is 2.00. The number of carbonyl (C=O) groups excluding carboxylic acids is 1. The number of hydrogen-bond acceptors (Lipinski definition) is 3. The summed E-state index contributed by atoms with van der Waals surface area (Å²) in [6.45, 7) is 5.24. The van der Waals surface area contributed by atoms with Crippen molar-refractivity contribution in [2.45, 2.75) is 25.7 Å². The molecule has 0 aliphatic carbocycles. The van der Waals surface area contributed by atoms with Gasteiger partial charge in [0.15, 0.2) is 5.78 Å². The number of aryl methyl sites for hydroxylation is 2. The van der Waals surface area contributed by atoms with E-state index in [4.69, 9.17) is 0 Å². The minimum absolute atomic E-state index is 0.0960. The summed E-state index contributed by atoms with van der Waals surface area (Å²) >= 11 is 0. The maximum absolute atomic E-state index is 12.3. The average molecular weight is 303 g/mol. The van der Waals surface area contributed by atoms with Crippen LogP contribution < -0.4 is 4.72 Å². The van der Waals surface area contributed by atoms with Gasteiger partial charge in [-0.3, -0.25) is 9.52 Å². The van der Waals surface area contributed by atoms with Gasteiger partial charge in [0, 0.05) is 5.56 Å². The largest absolute Gasteiger partial charge is 0.295 e. The molecule has 5 heteroatoms. The Kier molecular flexibility index (Phi) is 4.14. The van der Waals surface area contributed by atoms with Crippen LogP contribution >= 0.6 is 0 Å². The molecule has 2 aromatic rings. The second-order valence-corrected chi connectivity index (χ2v) is 6.69. The molecule has 0 aliphatic heterocycles. The van der Waals surface area contributed by atoms with Crippen molar-refractivity contribution in [1.29, 1.82) is 0 Å². The van der Waals surface area contributed by atoms with Gasteiger partial charge in [-0.05, 0) is 44.5 Å². The summed E-state index contributed by atoms with van der Waals surface area (Å²) in [4.78, 5) is 11.3. The van der Waals surface area contributed by atoms with E-state index in [1.165, 1.54) is 31.2 Å². The molecular formula is C16H17NO3S. The summed E-state index contributed by atoms with van der Waals surface area (Å²) in [7, 11) is -3.65. The van der Waals surface area contributed by atoms with Gasteiger partial charge in [0.2, 0.25) is 0 Å². The highest BCUT2D eigenvalue weighted by Crippen LogP contribution is 2.21. The molecule has 2 rings (SSSR count).